The van der Waals surface area contributed by atoms with Crippen molar-refractivity contribution in [3.05, 3.63) is 71.3 Å². The molecule has 3 N–H and O–H groups in total. The van der Waals surface area contributed by atoms with Gasteiger partial charge in [0.15, 0.2) is 9.84 Å². The summed E-state index contributed by atoms with van der Waals surface area (Å²) in [5.74, 6) is -0.253. The van der Waals surface area contributed by atoms with Gasteiger partial charge in [0, 0.05) is 6.54 Å². The summed E-state index contributed by atoms with van der Waals surface area (Å²) in [7, 11) is -3.19. The largest absolute Gasteiger partial charge is 0.354 e. The van der Waals surface area contributed by atoms with Crippen LogP contribution in [-0.2, 0) is 20.4 Å². The van der Waals surface area contributed by atoms with E-state index in [9.17, 15) is 13.2 Å². The lowest BCUT2D eigenvalue weighted by molar-refractivity contribution is -0.122. The summed E-state index contributed by atoms with van der Waals surface area (Å²) in [5.41, 5.74) is 8.53. The second-order valence-electron chi connectivity index (χ2n) is 6.11. The smallest absolute Gasteiger partial charge is 0.241 e. The van der Waals surface area contributed by atoms with Gasteiger partial charge >= 0.3 is 0 Å². The number of amides is 1. The van der Waals surface area contributed by atoms with Gasteiger partial charge in [-0.15, -0.1) is 12.4 Å². The van der Waals surface area contributed by atoms with Gasteiger partial charge in [0.1, 0.15) is 6.04 Å². The number of carbonyl (C=O) groups is 1. The highest BCUT2D eigenvalue weighted by atomic mass is 35.5. The van der Waals surface area contributed by atoms with E-state index in [1.54, 1.807) is 12.1 Å². The van der Waals surface area contributed by atoms with Crippen molar-refractivity contribution >= 4 is 28.2 Å². The van der Waals surface area contributed by atoms with Gasteiger partial charge in [0.25, 0.3) is 0 Å². The molecule has 2 aromatic rings. The Bertz CT molecular complexity index is 793. The Balaban J connectivity index is 0.00000338. The standard InChI is InChI=1S/C19H24N2O3S.ClH/c1-15-8-10-17(11-9-15)18(20)19(22)21-12-5-13-25(23,24)14-16-6-3-2-4-7-16;/h2-4,6-11,18H,5,12-14,20H2,1H3,(H,21,22);1H. The maximum absolute atomic E-state index is 12.1. The Labute approximate surface area is 161 Å². The van der Waals surface area contributed by atoms with Gasteiger partial charge in [-0.1, -0.05) is 60.2 Å². The summed E-state index contributed by atoms with van der Waals surface area (Å²) < 4.78 is 24.2. The number of hydrogen-bond donors (Lipinski definition) is 2. The molecule has 0 saturated heterocycles. The van der Waals surface area contributed by atoms with Gasteiger partial charge in [-0.25, -0.2) is 8.42 Å². The Morgan fingerprint density at radius 3 is 2.31 bits per heavy atom. The number of nitrogens with one attached hydrogen (secondary N) is 1. The van der Waals surface area contributed by atoms with E-state index >= 15 is 0 Å². The van der Waals surface area contributed by atoms with Crippen molar-refractivity contribution in [2.24, 2.45) is 5.73 Å². The number of nitrogens with two attached hydrogens (primary N) is 1. The van der Waals surface area contributed by atoms with E-state index in [1.807, 2.05) is 49.4 Å². The zero-order chi connectivity index (χ0) is 18.3. The highest BCUT2D eigenvalue weighted by Gasteiger charge is 2.16. The predicted octanol–water partition coefficient (Wildman–Crippen LogP) is 2.54. The molecule has 0 aliphatic rings. The average molecular weight is 397 g/mol. The van der Waals surface area contributed by atoms with Gasteiger partial charge in [-0.2, -0.15) is 0 Å². The first-order valence-electron chi connectivity index (χ1n) is 8.21. The second-order valence-corrected chi connectivity index (χ2v) is 8.29. The maximum atomic E-state index is 12.1. The minimum absolute atomic E-state index is 0. The quantitative estimate of drug-likeness (QED) is 0.671. The van der Waals surface area contributed by atoms with Crippen LogP contribution in [0.3, 0.4) is 0 Å². The van der Waals surface area contributed by atoms with Crippen molar-refractivity contribution in [1.29, 1.82) is 0 Å². The van der Waals surface area contributed by atoms with Crippen LogP contribution in [0.4, 0.5) is 0 Å². The number of aryl methyl sites for hydroxylation is 1. The molecule has 26 heavy (non-hydrogen) atoms. The lowest BCUT2D eigenvalue weighted by Gasteiger charge is -2.13. The highest BCUT2D eigenvalue weighted by molar-refractivity contribution is 7.90. The number of rotatable bonds is 8. The molecule has 0 aliphatic heterocycles. The molecule has 1 unspecified atom stereocenters. The maximum Gasteiger partial charge on any atom is 0.241 e. The van der Waals surface area contributed by atoms with Crippen molar-refractivity contribution < 1.29 is 13.2 Å². The number of halogens is 1. The van der Waals surface area contributed by atoms with Crippen molar-refractivity contribution in [2.75, 3.05) is 12.3 Å². The molecular formula is C19H25ClN2O3S. The predicted molar refractivity (Wildman–Crippen MR) is 107 cm³/mol. The number of carbonyl (C=O) groups excluding carboxylic acids is 1. The van der Waals surface area contributed by atoms with Crippen LogP contribution in [0, 0.1) is 6.92 Å². The summed E-state index contributed by atoms with van der Waals surface area (Å²) in [4.78, 5) is 12.1. The number of hydrogen-bond acceptors (Lipinski definition) is 4. The second kappa shape index (κ2) is 10.3. The van der Waals surface area contributed by atoms with Gasteiger partial charge in [-0.05, 0) is 24.5 Å². The summed E-state index contributed by atoms with van der Waals surface area (Å²) in [5, 5.41) is 2.70. The molecule has 2 aromatic carbocycles. The monoisotopic (exact) mass is 396 g/mol. The zero-order valence-corrected chi connectivity index (χ0v) is 16.4. The molecule has 1 atom stereocenters. The Kier molecular flexibility index (Phi) is 8.78. The molecule has 5 nitrogen and oxygen atoms in total. The average Bonchev–Trinajstić information content (AvgIpc) is 2.59. The van der Waals surface area contributed by atoms with Gasteiger partial charge in [-0.3, -0.25) is 4.79 Å². The van der Waals surface area contributed by atoms with Gasteiger partial charge in [0.05, 0.1) is 11.5 Å². The molecule has 142 valence electrons. The van der Waals surface area contributed by atoms with E-state index in [2.05, 4.69) is 5.32 Å². The van der Waals surface area contributed by atoms with Gasteiger partial charge < -0.3 is 11.1 Å². The normalized spacial score (nSPS) is 12.1. The van der Waals surface area contributed by atoms with Crippen LogP contribution >= 0.6 is 12.4 Å². The third kappa shape index (κ3) is 7.15. The first kappa shape index (κ1) is 22.2. The molecule has 2 rings (SSSR count). The Morgan fingerprint density at radius 2 is 1.69 bits per heavy atom. The van der Waals surface area contributed by atoms with Crippen LogP contribution in [-0.4, -0.2) is 26.6 Å². The van der Waals surface area contributed by atoms with Crippen LogP contribution in [0.15, 0.2) is 54.6 Å². The van der Waals surface area contributed by atoms with Crippen molar-refractivity contribution in [3.8, 4) is 0 Å². The molecule has 0 aromatic heterocycles. The van der Waals surface area contributed by atoms with E-state index < -0.39 is 15.9 Å². The summed E-state index contributed by atoms with van der Waals surface area (Å²) in [6.45, 7) is 2.25. The van der Waals surface area contributed by atoms with Crippen LogP contribution in [0.2, 0.25) is 0 Å². The zero-order valence-electron chi connectivity index (χ0n) is 14.7. The third-order valence-electron chi connectivity index (χ3n) is 3.88. The van der Waals surface area contributed by atoms with Crippen molar-refractivity contribution in [2.45, 2.75) is 25.1 Å². The minimum atomic E-state index is -3.19. The molecule has 0 heterocycles. The molecule has 7 heteroatoms. The summed E-state index contributed by atoms with van der Waals surface area (Å²) in [6, 6.07) is 15.8. The van der Waals surface area contributed by atoms with Crippen molar-refractivity contribution in [3.63, 3.8) is 0 Å². The van der Waals surface area contributed by atoms with Crippen LogP contribution in [0.5, 0.6) is 0 Å². The number of benzene rings is 2. The van der Waals surface area contributed by atoms with Gasteiger partial charge in [0.2, 0.25) is 5.91 Å². The fourth-order valence-electron chi connectivity index (χ4n) is 2.44. The van der Waals surface area contributed by atoms with Crippen LogP contribution in [0.25, 0.3) is 0 Å². The van der Waals surface area contributed by atoms with E-state index in [-0.39, 0.29) is 36.4 Å². The first-order chi connectivity index (χ1) is 11.9. The molecule has 0 bridgehead atoms. The van der Waals surface area contributed by atoms with E-state index in [0.29, 0.717) is 6.42 Å². The van der Waals surface area contributed by atoms with Crippen LogP contribution < -0.4 is 11.1 Å². The third-order valence-corrected chi connectivity index (χ3v) is 5.56. The van der Waals surface area contributed by atoms with E-state index in [4.69, 9.17) is 5.73 Å². The Morgan fingerprint density at radius 1 is 1.08 bits per heavy atom. The molecule has 0 aliphatic carbocycles. The molecule has 0 fully saturated rings. The lowest BCUT2D eigenvalue weighted by Crippen LogP contribution is -2.35. The lowest BCUT2D eigenvalue weighted by atomic mass is 10.1. The molecule has 0 saturated carbocycles. The Hall–Kier alpha value is -1.89. The van der Waals surface area contributed by atoms with Crippen molar-refractivity contribution in [1.82, 2.24) is 5.32 Å². The number of sulfone groups is 1. The molecular weight excluding hydrogens is 372 g/mol. The van der Waals surface area contributed by atoms with E-state index in [0.717, 1.165) is 16.7 Å². The topological polar surface area (TPSA) is 89.3 Å². The minimum Gasteiger partial charge on any atom is -0.354 e. The molecule has 1 amide bonds. The highest BCUT2D eigenvalue weighted by Crippen LogP contribution is 2.11. The SMILES string of the molecule is Cc1ccc(C(N)C(=O)NCCCS(=O)(=O)Cc2ccccc2)cc1.Cl. The van der Waals surface area contributed by atoms with Crippen LogP contribution in [0.1, 0.15) is 29.2 Å². The molecule has 0 spiro atoms. The fourth-order valence-corrected chi connectivity index (χ4v) is 3.87. The summed E-state index contributed by atoms with van der Waals surface area (Å²) in [6.07, 6.45) is 0.363. The van der Waals surface area contributed by atoms with E-state index in [1.165, 1.54) is 0 Å². The first-order valence-corrected chi connectivity index (χ1v) is 10.0. The summed E-state index contributed by atoms with van der Waals surface area (Å²) >= 11 is 0. The fraction of sp³-hybridized carbons (Fsp3) is 0.316. The molecule has 0 radical (unpaired) electrons.